The van der Waals surface area contributed by atoms with Crippen molar-refractivity contribution in [2.24, 2.45) is 5.73 Å². The van der Waals surface area contributed by atoms with Gasteiger partial charge in [0.2, 0.25) is 0 Å². The van der Waals surface area contributed by atoms with Crippen LogP contribution in [0.2, 0.25) is 5.02 Å². The molecular formula is C12H15ClN2. The molecule has 1 aromatic heterocycles. The number of hydrogen-bond acceptors (Lipinski definition) is 1. The number of hydrogen-bond donors (Lipinski definition) is 2. The van der Waals surface area contributed by atoms with Crippen molar-refractivity contribution in [3.63, 3.8) is 0 Å². The van der Waals surface area contributed by atoms with Crippen molar-refractivity contribution in [1.29, 1.82) is 0 Å². The summed E-state index contributed by atoms with van der Waals surface area (Å²) in [6.45, 7) is 4.02. The second-order valence-electron chi connectivity index (χ2n) is 4.13. The van der Waals surface area contributed by atoms with E-state index in [0.29, 0.717) is 0 Å². The van der Waals surface area contributed by atoms with Crippen molar-refractivity contribution < 1.29 is 0 Å². The minimum Gasteiger partial charge on any atom is -0.359 e. The predicted molar refractivity (Wildman–Crippen MR) is 65.4 cm³/mol. The Morgan fingerprint density at radius 1 is 1.47 bits per heavy atom. The van der Waals surface area contributed by atoms with Crippen molar-refractivity contribution >= 4 is 22.5 Å². The highest BCUT2D eigenvalue weighted by Gasteiger charge is 2.08. The minimum absolute atomic E-state index is 0.139. The average molecular weight is 223 g/mol. The highest BCUT2D eigenvalue weighted by atomic mass is 35.5. The molecule has 2 nitrogen and oxygen atoms in total. The monoisotopic (exact) mass is 222 g/mol. The molecule has 0 aliphatic rings. The highest BCUT2D eigenvalue weighted by Crippen LogP contribution is 2.28. The fourth-order valence-electron chi connectivity index (χ4n) is 1.86. The smallest absolute Gasteiger partial charge is 0.0532 e. The summed E-state index contributed by atoms with van der Waals surface area (Å²) in [5, 5.41) is 1.92. The molecule has 2 aromatic rings. The Morgan fingerprint density at radius 2 is 2.20 bits per heavy atom. The van der Waals surface area contributed by atoms with Gasteiger partial charge in [0.1, 0.15) is 0 Å². The van der Waals surface area contributed by atoms with Gasteiger partial charge in [0.05, 0.1) is 5.02 Å². The minimum atomic E-state index is 0.139. The first-order valence-corrected chi connectivity index (χ1v) is 5.48. The van der Waals surface area contributed by atoms with E-state index in [-0.39, 0.29) is 6.04 Å². The number of aromatic nitrogens is 1. The quantitative estimate of drug-likeness (QED) is 0.806. The summed E-state index contributed by atoms with van der Waals surface area (Å²) in [7, 11) is 0. The van der Waals surface area contributed by atoms with E-state index in [1.165, 1.54) is 0 Å². The van der Waals surface area contributed by atoms with Crippen LogP contribution in [0, 0.1) is 6.92 Å². The van der Waals surface area contributed by atoms with Crippen LogP contribution in [0.25, 0.3) is 10.9 Å². The first kappa shape index (κ1) is 10.5. The summed E-state index contributed by atoms with van der Waals surface area (Å²) in [6, 6.07) is 6.32. The van der Waals surface area contributed by atoms with Crippen molar-refractivity contribution in [3.05, 3.63) is 34.5 Å². The molecule has 1 unspecified atom stereocenters. The van der Waals surface area contributed by atoms with Gasteiger partial charge in [-0.25, -0.2) is 0 Å². The Labute approximate surface area is 94.4 Å². The molecule has 0 amide bonds. The van der Waals surface area contributed by atoms with Gasteiger partial charge in [-0.1, -0.05) is 17.7 Å². The molecule has 80 valence electrons. The maximum Gasteiger partial charge on any atom is 0.0532 e. The number of fused-ring (bicyclic) bond motifs is 1. The Hall–Kier alpha value is -0.990. The van der Waals surface area contributed by atoms with Crippen molar-refractivity contribution in [2.75, 3.05) is 0 Å². The van der Waals surface area contributed by atoms with Gasteiger partial charge in [-0.15, -0.1) is 0 Å². The molecule has 0 bridgehead atoms. The fraction of sp³-hybridized carbons (Fsp3) is 0.333. The van der Waals surface area contributed by atoms with Gasteiger partial charge in [-0.05, 0) is 38.0 Å². The third kappa shape index (κ3) is 2.01. The zero-order valence-corrected chi connectivity index (χ0v) is 9.73. The van der Waals surface area contributed by atoms with Crippen LogP contribution in [-0.4, -0.2) is 11.0 Å². The first-order valence-electron chi connectivity index (χ1n) is 5.10. The number of rotatable bonds is 2. The topological polar surface area (TPSA) is 41.8 Å². The Bertz CT molecular complexity index is 486. The Kier molecular flexibility index (Phi) is 2.72. The molecule has 1 heterocycles. The van der Waals surface area contributed by atoms with Gasteiger partial charge in [-0.3, -0.25) is 0 Å². The van der Waals surface area contributed by atoms with Gasteiger partial charge in [-0.2, -0.15) is 0 Å². The van der Waals surface area contributed by atoms with Gasteiger partial charge in [0, 0.05) is 22.6 Å². The van der Waals surface area contributed by atoms with Crippen LogP contribution in [-0.2, 0) is 6.42 Å². The summed E-state index contributed by atoms with van der Waals surface area (Å²) in [6.07, 6.45) is 0.818. The number of halogens is 1. The standard InChI is InChI=1S/C12H15ClN2/c1-7(14)5-9-3-4-11-10(12(9)13)6-8(2)15-11/h3-4,6-7,15H,5,14H2,1-2H3. The molecular weight excluding hydrogens is 208 g/mol. The average Bonchev–Trinajstić information content (AvgIpc) is 2.51. The lowest BCUT2D eigenvalue weighted by Gasteiger charge is -2.07. The molecule has 0 aliphatic carbocycles. The van der Waals surface area contributed by atoms with Crippen LogP contribution in [0.1, 0.15) is 18.2 Å². The van der Waals surface area contributed by atoms with E-state index >= 15 is 0 Å². The van der Waals surface area contributed by atoms with E-state index in [9.17, 15) is 0 Å². The zero-order valence-electron chi connectivity index (χ0n) is 8.97. The second kappa shape index (κ2) is 3.87. The number of nitrogens with two attached hydrogens (primary N) is 1. The normalized spacial score (nSPS) is 13.3. The summed E-state index contributed by atoms with van der Waals surface area (Å²) in [5.41, 5.74) is 9.12. The van der Waals surface area contributed by atoms with Crippen LogP contribution >= 0.6 is 11.6 Å². The number of aryl methyl sites for hydroxylation is 1. The molecule has 3 heteroatoms. The van der Waals surface area contributed by atoms with Gasteiger partial charge >= 0.3 is 0 Å². The maximum absolute atomic E-state index is 6.32. The first-order chi connectivity index (χ1) is 7.08. The number of aromatic amines is 1. The highest BCUT2D eigenvalue weighted by molar-refractivity contribution is 6.36. The molecule has 0 saturated heterocycles. The van der Waals surface area contributed by atoms with Crippen molar-refractivity contribution in [1.82, 2.24) is 4.98 Å². The van der Waals surface area contributed by atoms with E-state index in [1.54, 1.807) is 0 Å². The van der Waals surface area contributed by atoms with E-state index in [2.05, 4.69) is 17.1 Å². The van der Waals surface area contributed by atoms with Gasteiger partial charge < -0.3 is 10.7 Å². The van der Waals surface area contributed by atoms with Crippen molar-refractivity contribution in [2.45, 2.75) is 26.3 Å². The number of H-pyrrole nitrogens is 1. The number of nitrogens with one attached hydrogen (secondary N) is 1. The zero-order chi connectivity index (χ0) is 11.0. The fourth-order valence-corrected chi connectivity index (χ4v) is 2.15. The molecule has 0 fully saturated rings. The Morgan fingerprint density at radius 3 is 2.87 bits per heavy atom. The molecule has 1 atom stereocenters. The number of benzene rings is 1. The maximum atomic E-state index is 6.32. The molecule has 0 radical (unpaired) electrons. The van der Waals surface area contributed by atoms with E-state index in [1.807, 2.05) is 19.9 Å². The Balaban J connectivity index is 2.54. The third-order valence-electron chi connectivity index (χ3n) is 2.49. The molecule has 3 N–H and O–H groups in total. The van der Waals surface area contributed by atoms with Crippen molar-refractivity contribution in [3.8, 4) is 0 Å². The van der Waals surface area contributed by atoms with E-state index in [4.69, 9.17) is 17.3 Å². The molecule has 0 spiro atoms. The SMILES string of the molecule is Cc1cc2c(Cl)c(CC(C)N)ccc2[nH]1. The summed E-state index contributed by atoms with van der Waals surface area (Å²) in [4.78, 5) is 3.26. The van der Waals surface area contributed by atoms with Gasteiger partial charge in [0.15, 0.2) is 0 Å². The van der Waals surface area contributed by atoms with Crippen LogP contribution in [0.3, 0.4) is 0 Å². The molecule has 0 aliphatic heterocycles. The predicted octanol–water partition coefficient (Wildman–Crippen LogP) is 3.02. The summed E-state index contributed by atoms with van der Waals surface area (Å²) < 4.78 is 0. The largest absolute Gasteiger partial charge is 0.359 e. The summed E-state index contributed by atoms with van der Waals surface area (Å²) >= 11 is 6.32. The lowest BCUT2D eigenvalue weighted by Crippen LogP contribution is -2.17. The lowest BCUT2D eigenvalue weighted by atomic mass is 10.1. The molecule has 15 heavy (non-hydrogen) atoms. The van der Waals surface area contributed by atoms with Crippen LogP contribution < -0.4 is 5.73 Å². The molecule has 0 saturated carbocycles. The van der Waals surface area contributed by atoms with Crippen LogP contribution in [0.4, 0.5) is 0 Å². The second-order valence-corrected chi connectivity index (χ2v) is 4.51. The van der Waals surface area contributed by atoms with Gasteiger partial charge in [0.25, 0.3) is 0 Å². The van der Waals surface area contributed by atoms with Crippen LogP contribution in [0.5, 0.6) is 0 Å². The van der Waals surface area contributed by atoms with E-state index < -0.39 is 0 Å². The lowest BCUT2D eigenvalue weighted by molar-refractivity contribution is 0.739. The molecule has 1 aromatic carbocycles. The molecule has 2 rings (SSSR count). The van der Waals surface area contributed by atoms with E-state index in [0.717, 1.165) is 33.6 Å². The summed E-state index contributed by atoms with van der Waals surface area (Å²) in [5.74, 6) is 0. The third-order valence-corrected chi connectivity index (χ3v) is 2.94. The van der Waals surface area contributed by atoms with Crippen LogP contribution in [0.15, 0.2) is 18.2 Å².